The molecule has 0 unspecified atom stereocenters. The summed E-state index contributed by atoms with van der Waals surface area (Å²) in [7, 11) is 3.47. The highest BCUT2D eigenvalue weighted by atomic mass is 16.5. The lowest BCUT2D eigenvalue weighted by molar-refractivity contribution is -0.113. The van der Waals surface area contributed by atoms with Gasteiger partial charge in [-0.15, -0.1) is 0 Å². The van der Waals surface area contributed by atoms with E-state index in [0.29, 0.717) is 16.7 Å². The summed E-state index contributed by atoms with van der Waals surface area (Å²) in [6, 6.07) is 3.70. The summed E-state index contributed by atoms with van der Waals surface area (Å²) < 4.78 is 5.23. The molecule has 86 valence electrons. The highest BCUT2D eigenvalue weighted by Gasteiger charge is 2.19. The minimum atomic E-state index is -0.500. The molecule has 0 aliphatic carbocycles. The standard InChI is InChI=1S/C12H12BNO3/c1-6(15)12(16)7-5-14-11-8(13)3-4-9(17-2)10(7)11/h3-5,14H,13H2,1-2H3. The van der Waals surface area contributed by atoms with Crippen LogP contribution in [-0.2, 0) is 4.79 Å². The predicted molar refractivity (Wildman–Crippen MR) is 68.0 cm³/mol. The lowest BCUT2D eigenvalue weighted by Crippen LogP contribution is -2.10. The Kier molecular flexibility index (Phi) is 2.75. The van der Waals surface area contributed by atoms with Gasteiger partial charge in [0.05, 0.1) is 18.1 Å². The van der Waals surface area contributed by atoms with Crippen LogP contribution < -0.4 is 10.2 Å². The highest BCUT2D eigenvalue weighted by Crippen LogP contribution is 2.27. The highest BCUT2D eigenvalue weighted by molar-refractivity contribution is 6.46. The van der Waals surface area contributed by atoms with E-state index >= 15 is 0 Å². The molecule has 0 aliphatic rings. The summed E-state index contributed by atoms with van der Waals surface area (Å²) in [5, 5.41) is 0.674. The van der Waals surface area contributed by atoms with E-state index in [-0.39, 0.29) is 0 Å². The normalized spacial score (nSPS) is 10.5. The zero-order valence-corrected chi connectivity index (χ0v) is 9.96. The molecule has 1 heterocycles. The van der Waals surface area contributed by atoms with E-state index < -0.39 is 11.6 Å². The number of methoxy groups -OCH3 is 1. The maximum absolute atomic E-state index is 11.8. The molecule has 1 aromatic carbocycles. The van der Waals surface area contributed by atoms with Gasteiger partial charge in [-0.05, 0) is 6.07 Å². The molecule has 1 aromatic heterocycles. The third-order valence-electron chi connectivity index (χ3n) is 2.79. The number of nitrogens with one attached hydrogen (secondary N) is 1. The van der Waals surface area contributed by atoms with Crippen LogP contribution >= 0.6 is 0 Å². The second-order valence-electron chi connectivity index (χ2n) is 3.92. The number of aromatic nitrogens is 1. The summed E-state index contributed by atoms with van der Waals surface area (Å²) in [6.45, 7) is 1.27. The number of Topliss-reactive ketones (excluding diaryl/α,β-unsaturated/α-hetero) is 2. The van der Waals surface area contributed by atoms with Crippen molar-refractivity contribution in [3.05, 3.63) is 23.9 Å². The molecule has 1 N–H and O–H groups in total. The number of H-pyrrole nitrogens is 1. The van der Waals surface area contributed by atoms with E-state index in [9.17, 15) is 9.59 Å². The van der Waals surface area contributed by atoms with Gasteiger partial charge < -0.3 is 9.72 Å². The van der Waals surface area contributed by atoms with Gasteiger partial charge in [0.1, 0.15) is 13.6 Å². The van der Waals surface area contributed by atoms with Gasteiger partial charge in [0, 0.05) is 18.6 Å². The Bertz CT molecular complexity index is 615. The van der Waals surface area contributed by atoms with Gasteiger partial charge in [-0.25, -0.2) is 0 Å². The van der Waals surface area contributed by atoms with Crippen LogP contribution in [0.1, 0.15) is 17.3 Å². The smallest absolute Gasteiger partial charge is 0.230 e. The predicted octanol–water partition coefficient (Wildman–Crippen LogP) is 0.207. The van der Waals surface area contributed by atoms with Crippen LogP contribution in [0.3, 0.4) is 0 Å². The second kappa shape index (κ2) is 4.09. The van der Waals surface area contributed by atoms with E-state index in [0.717, 1.165) is 11.0 Å². The molecule has 0 saturated heterocycles. The van der Waals surface area contributed by atoms with Gasteiger partial charge in [-0.1, -0.05) is 11.5 Å². The summed E-state index contributed by atoms with van der Waals surface area (Å²) >= 11 is 0. The van der Waals surface area contributed by atoms with Crippen LogP contribution in [0.15, 0.2) is 18.3 Å². The van der Waals surface area contributed by atoms with Gasteiger partial charge >= 0.3 is 0 Å². The summed E-state index contributed by atoms with van der Waals surface area (Å²) in [4.78, 5) is 26.0. The number of fused-ring (bicyclic) bond motifs is 1. The maximum Gasteiger partial charge on any atom is 0.230 e. The number of carbonyl (C=O) groups is 2. The molecule has 0 bridgehead atoms. The molecule has 0 spiro atoms. The third-order valence-corrected chi connectivity index (χ3v) is 2.79. The third kappa shape index (κ3) is 1.73. The molecule has 0 amide bonds. The number of rotatable bonds is 3. The Hall–Kier alpha value is -2.04. The topological polar surface area (TPSA) is 59.2 Å². The van der Waals surface area contributed by atoms with Crippen molar-refractivity contribution in [2.45, 2.75) is 6.92 Å². The quantitative estimate of drug-likeness (QED) is 0.464. The lowest BCUT2D eigenvalue weighted by Gasteiger charge is -2.05. The van der Waals surface area contributed by atoms with Gasteiger partial charge in [0.15, 0.2) is 5.78 Å². The zero-order valence-electron chi connectivity index (χ0n) is 9.96. The molecule has 0 atom stereocenters. The number of carbonyl (C=O) groups excluding carboxylic acids is 2. The van der Waals surface area contributed by atoms with Crippen molar-refractivity contribution in [3.8, 4) is 5.75 Å². The maximum atomic E-state index is 11.8. The minimum Gasteiger partial charge on any atom is -0.496 e. The Morgan fingerprint density at radius 1 is 1.35 bits per heavy atom. The van der Waals surface area contributed by atoms with Crippen LogP contribution in [0.2, 0.25) is 0 Å². The molecule has 0 saturated carbocycles. The number of hydrogen-bond donors (Lipinski definition) is 1. The van der Waals surface area contributed by atoms with Crippen molar-refractivity contribution in [3.63, 3.8) is 0 Å². The van der Waals surface area contributed by atoms with E-state index in [1.165, 1.54) is 6.92 Å². The number of hydrogen-bond acceptors (Lipinski definition) is 3. The Morgan fingerprint density at radius 3 is 2.65 bits per heavy atom. The Balaban J connectivity index is 2.78. The SMILES string of the molecule is Bc1ccc(OC)c2c(C(=O)C(C)=O)c[nH]c12. The van der Waals surface area contributed by atoms with Crippen LogP contribution in [0.5, 0.6) is 5.75 Å². The fraction of sp³-hybridized carbons (Fsp3) is 0.167. The first-order valence-corrected chi connectivity index (χ1v) is 5.26. The van der Waals surface area contributed by atoms with Crippen molar-refractivity contribution in [2.75, 3.05) is 7.11 Å². The number of benzene rings is 1. The van der Waals surface area contributed by atoms with Gasteiger partial charge in [-0.2, -0.15) is 0 Å². The summed E-state index contributed by atoms with van der Waals surface area (Å²) in [6.07, 6.45) is 1.56. The largest absolute Gasteiger partial charge is 0.496 e. The summed E-state index contributed by atoms with van der Waals surface area (Å²) in [5.74, 6) is -0.383. The molecule has 0 radical (unpaired) electrons. The first-order chi connectivity index (χ1) is 8.06. The van der Waals surface area contributed by atoms with E-state index in [2.05, 4.69) is 4.98 Å². The monoisotopic (exact) mass is 229 g/mol. The van der Waals surface area contributed by atoms with Gasteiger partial charge in [0.25, 0.3) is 0 Å². The van der Waals surface area contributed by atoms with Crippen LogP contribution in [0.4, 0.5) is 0 Å². The first kappa shape index (κ1) is 11.5. The van der Waals surface area contributed by atoms with Crippen molar-refractivity contribution in [2.24, 2.45) is 0 Å². The molecular weight excluding hydrogens is 217 g/mol. The number of aromatic amines is 1. The van der Waals surface area contributed by atoms with Gasteiger partial charge in [-0.3, -0.25) is 9.59 Å². The molecule has 0 aliphatic heterocycles. The average Bonchev–Trinajstić information content (AvgIpc) is 2.74. The Morgan fingerprint density at radius 2 is 2.06 bits per heavy atom. The molecule has 2 aromatic rings. The lowest BCUT2D eigenvalue weighted by atomic mass is 9.92. The fourth-order valence-corrected chi connectivity index (χ4v) is 1.90. The molecule has 4 nitrogen and oxygen atoms in total. The molecular formula is C12H12BNO3. The van der Waals surface area contributed by atoms with E-state index in [1.807, 2.05) is 13.9 Å². The fourth-order valence-electron chi connectivity index (χ4n) is 1.90. The van der Waals surface area contributed by atoms with Gasteiger partial charge in [0.2, 0.25) is 5.78 Å². The molecule has 17 heavy (non-hydrogen) atoms. The van der Waals surface area contributed by atoms with Crippen molar-refractivity contribution >= 4 is 35.8 Å². The van der Waals surface area contributed by atoms with Crippen molar-refractivity contribution < 1.29 is 14.3 Å². The van der Waals surface area contributed by atoms with E-state index in [4.69, 9.17) is 4.74 Å². The van der Waals surface area contributed by atoms with Crippen LogP contribution in [0, 0.1) is 0 Å². The number of ether oxygens (including phenoxy) is 1. The van der Waals surface area contributed by atoms with Crippen molar-refractivity contribution in [1.82, 2.24) is 4.98 Å². The van der Waals surface area contributed by atoms with Crippen molar-refractivity contribution in [1.29, 1.82) is 0 Å². The van der Waals surface area contributed by atoms with E-state index in [1.54, 1.807) is 19.4 Å². The average molecular weight is 229 g/mol. The number of ketones is 2. The summed E-state index contributed by atoms with van der Waals surface area (Å²) in [5.41, 5.74) is 2.20. The second-order valence-corrected chi connectivity index (χ2v) is 3.92. The molecule has 5 heteroatoms. The van der Waals surface area contributed by atoms with Crippen LogP contribution in [0.25, 0.3) is 10.9 Å². The minimum absolute atomic E-state index is 0.369. The first-order valence-electron chi connectivity index (χ1n) is 5.26. The Labute approximate surface area is 99.4 Å². The zero-order chi connectivity index (χ0) is 12.6. The van der Waals surface area contributed by atoms with Crippen LogP contribution in [-0.4, -0.2) is 31.5 Å². The molecule has 0 fully saturated rings. The molecule has 2 rings (SSSR count).